The van der Waals surface area contributed by atoms with E-state index in [0.717, 1.165) is 16.9 Å². The fourth-order valence-corrected chi connectivity index (χ4v) is 2.91. The zero-order chi connectivity index (χ0) is 20.0. The Morgan fingerprint density at radius 2 is 1.50 bits per heavy atom. The first-order chi connectivity index (χ1) is 12.7. The third kappa shape index (κ3) is 6.38. The van der Waals surface area contributed by atoms with Gasteiger partial charge < -0.3 is 16.8 Å². The van der Waals surface area contributed by atoms with E-state index in [1.54, 1.807) is 25.1 Å². The van der Waals surface area contributed by atoms with Gasteiger partial charge in [0.05, 0.1) is 4.90 Å². The van der Waals surface area contributed by atoms with Gasteiger partial charge in [0.2, 0.25) is 10.0 Å². The number of hydrogen-bond acceptors (Lipinski definition) is 4. The number of nitrogens with zero attached hydrogens (tertiary/aromatic N) is 1. The molecule has 0 bridgehead atoms. The van der Waals surface area contributed by atoms with E-state index in [4.69, 9.17) is 11.5 Å². The number of carbonyl (C=O) groups is 1. The van der Waals surface area contributed by atoms with Gasteiger partial charge in [0.1, 0.15) is 0 Å². The van der Waals surface area contributed by atoms with Crippen LogP contribution in [0.2, 0.25) is 0 Å². The summed E-state index contributed by atoms with van der Waals surface area (Å²) in [6.45, 7) is 1.63. The van der Waals surface area contributed by atoms with Gasteiger partial charge in [-0.3, -0.25) is 4.79 Å². The second-order valence-corrected chi connectivity index (χ2v) is 7.53. The van der Waals surface area contributed by atoms with Crippen molar-refractivity contribution in [2.75, 3.05) is 12.4 Å². The van der Waals surface area contributed by atoms with Crippen LogP contribution in [0.5, 0.6) is 0 Å². The minimum atomic E-state index is -3.46. The van der Waals surface area contributed by atoms with E-state index < -0.39 is 15.9 Å². The Balaban J connectivity index is 0.00000392. The maximum Gasteiger partial charge on any atom is 0.275 e. The number of rotatable bonds is 6. The normalized spacial score (nSPS) is 11.3. The standard InChI is InChI=1S/C18H21N5O3S.ClH/c1-12(17(24)23-18(19)20)11-13-3-5-14(6-4-13)22-15-7-9-16(10-8-15)27(25,26)21-2;/h3-11,21-22H,1-2H3,(H4,19,20,23,24);1H. The van der Waals surface area contributed by atoms with Crippen molar-refractivity contribution in [1.29, 1.82) is 0 Å². The van der Waals surface area contributed by atoms with Crippen molar-refractivity contribution in [2.45, 2.75) is 11.8 Å². The number of halogens is 1. The number of nitrogens with two attached hydrogens (primary N) is 2. The summed E-state index contributed by atoms with van der Waals surface area (Å²) in [5.41, 5.74) is 13.2. The number of sulfonamides is 1. The highest BCUT2D eigenvalue weighted by molar-refractivity contribution is 7.89. The van der Waals surface area contributed by atoms with Crippen LogP contribution in [0.4, 0.5) is 11.4 Å². The van der Waals surface area contributed by atoms with Crippen LogP contribution < -0.4 is 21.5 Å². The molecule has 0 aromatic heterocycles. The molecule has 10 heteroatoms. The van der Waals surface area contributed by atoms with Crippen molar-refractivity contribution in [1.82, 2.24) is 4.72 Å². The Hall–Kier alpha value is -2.88. The molecule has 6 N–H and O–H groups in total. The summed E-state index contributed by atoms with van der Waals surface area (Å²) < 4.78 is 25.7. The lowest BCUT2D eigenvalue weighted by Crippen LogP contribution is -2.24. The molecule has 2 rings (SSSR count). The average Bonchev–Trinajstić information content (AvgIpc) is 2.63. The van der Waals surface area contributed by atoms with Gasteiger partial charge in [-0.25, -0.2) is 13.1 Å². The van der Waals surface area contributed by atoms with E-state index in [1.165, 1.54) is 19.2 Å². The topological polar surface area (TPSA) is 140 Å². The van der Waals surface area contributed by atoms with Crippen LogP contribution in [-0.4, -0.2) is 27.3 Å². The van der Waals surface area contributed by atoms with Crippen LogP contribution in [-0.2, 0) is 14.8 Å². The van der Waals surface area contributed by atoms with Gasteiger partial charge in [-0.2, -0.15) is 4.99 Å². The molecule has 0 radical (unpaired) electrons. The van der Waals surface area contributed by atoms with Gasteiger partial charge in [0, 0.05) is 16.9 Å². The van der Waals surface area contributed by atoms with Crippen molar-refractivity contribution in [2.24, 2.45) is 16.5 Å². The number of carbonyl (C=O) groups excluding carboxylic acids is 1. The van der Waals surface area contributed by atoms with Crippen molar-refractivity contribution >= 4 is 51.7 Å². The third-order valence-electron chi connectivity index (χ3n) is 3.58. The number of anilines is 2. The number of amides is 1. The molecule has 150 valence electrons. The van der Waals surface area contributed by atoms with Crippen LogP contribution in [0, 0.1) is 0 Å². The minimum absolute atomic E-state index is 0. The fourth-order valence-electron chi connectivity index (χ4n) is 2.18. The molecule has 0 spiro atoms. The number of aliphatic imine (C=N–C) groups is 1. The SMILES string of the molecule is CNS(=O)(=O)c1ccc(Nc2ccc(C=C(C)C(=O)N=C(N)N)cc2)cc1.Cl. The summed E-state index contributed by atoms with van der Waals surface area (Å²) in [5, 5.41) is 3.17. The molecule has 0 aliphatic heterocycles. The van der Waals surface area contributed by atoms with Crippen LogP contribution in [0.25, 0.3) is 6.08 Å². The first-order valence-corrected chi connectivity index (χ1v) is 9.42. The molecule has 0 fully saturated rings. The first kappa shape index (κ1) is 23.2. The zero-order valence-corrected chi connectivity index (χ0v) is 17.0. The van der Waals surface area contributed by atoms with Gasteiger partial charge >= 0.3 is 0 Å². The van der Waals surface area contributed by atoms with Gasteiger partial charge in [0.25, 0.3) is 5.91 Å². The van der Waals surface area contributed by atoms with Gasteiger partial charge in [0.15, 0.2) is 5.96 Å². The Labute approximate surface area is 170 Å². The molecule has 2 aromatic rings. The highest BCUT2D eigenvalue weighted by Gasteiger charge is 2.10. The maximum absolute atomic E-state index is 11.7. The Bertz CT molecular complexity index is 981. The molecular formula is C18H22ClN5O3S. The van der Waals surface area contributed by atoms with E-state index in [1.807, 2.05) is 24.3 Å². The lowest BCUT2D eigenvalue weighted by atomic mass is 10.1. The average molecular weight is 424 g/mol. The maximum atomic E-state index is 11.7. The number of guanidine groups is 1. The van der Waals surface area contributed by atoms with E-state index in [-0.39, 0.29) is 23.3 Å². The molecule has 0 heterocycles. The summed E-state index contributed by atoms with van der Waals surface area (Å²) in [7, 11) is -2.09. The number of nitrogens with one attached hydrogen (secondary N) is 2. The van der Waals surface area contributed by atoms with Crippen molar-refractivity contribution in [3.8, 4) is 0 Å². The van der Waals surface area contributed by atoms with Crippen molar-refractivity contribution in [3.05, 3.63) is 59.7 Å². The molecule has 0 saturated carbocycles. The zero-order valence-electron chi connectivity index (χ0n) is 15.3. The predicted octanol–water partition coefficient (Wildman–Crippen LogP) is 1.96. The molecule has 2 aromatic carbocycles. The van der Waals surface area contributed by atoms with Crippen LogP contribution in [0.1, 0.15) is 12.5 Å². The van der Waals surface area contributed by atoms with Crippen molar-refractivity contribution in [3.63, 3.8) is 0 Å². The van der Waals surface area contributed by atoms with Gasteiger partial charge in [-0.1, -0.05) is 12.1 Å². The highest BCUT2D eigenvalue weighted by atomic mass is 35.5. The quantitative estimate of drug-likeness (QED) is 0.318. The second-order valence-electron chi connectivity index (χ2n) is 5.65. The van der Waals surface area contributed by atoms with E-state index in [2.05, 4.69) is 15.0 Å². The molecular weight excluding hydrogens is 402 g/mol. The van der Waals surface area contributed by atoms with Crippen LogP contribution in [0.3, 0.4) is 0 Å². The molecule has 1 amide bonds. The van der Waals surface area contributed by atoms with Crippen LogP contribution in [0.15, 0.2) is 64.0 Å². The Morgan fingerprint density at radius 1 is 1.00 bits per heavy atom. The van der Waals surface area contributed by atoms with E-state index in [0.29, 0.717) is 5.57 Å². The summed E-state index contributed by atoms with van der Waals surface area (Å²) in [4.78, 5) is 15.4. The third-order valence-corrected chi connectivity index (χ3v) is 5.01. The predicted molar refractivity (Wildman–Crippen MR) is 114 cm³/mol. The van der Waals surface area contributed by atoms with E-state index in [9.17, 15) is 13.2 Å². The van der Waals surface area contributed by atoms with E-state index >= 15 is 0 Å². The smallest absolute Gasteiger partial charge is 0.275 e. The molecule has 0 saturated heterocycles. The highest BCUT2D eigenvalue weighted by Crippen LogP contribution is 2.20. The summed E-state index contributed by atoms with van der Waals surface area (Å²) in [5.74, 6) is -0.769. The Morgan fingerprint density at radius 3 is 1.96 bits per heavy atom. The molecule has 0 unspecified atom stereocenters. The van der Waals surface area contributed by atoms with Gasteiger partial charge in [-0.15, -0.1) is 12.4 Å². The first-order valence-electron chi connectivity index (χ1n) is 7.94. The van der Waals surface area contributed by atoms with Gasteiger partial charge in [-0.05, 0) is 62.0 Å². The minimum Gasteiger partial charge on any atom is -0.370 e. The lowest BCUT2D eigenvalue weighted by molar-refractivity contribution is -0.114. The largest absolute Gasteiger partial charge is 0.370 e. The lowest BCUT2D eigenvalue weighted by Gasteiger charge is -2.08. The summed E-state index contributed by atoms with van der Waals surface area (Å²) in [6.07, 6.45) is 1.68. The monoisotopic (exact) mass is 423 g/mol. The molecule has 8 nitrogen and oxygen atoms in total. The fraction of sp³-hybridized carbons (Fsp3) is 0.111. The molecule has 0 atom stereocenters. The molecule has 0 aliphatic rings. The molecule has 28 heavy (non-hydrogen) atoms. The van der Waals surface area contributed by atoms with Crippen molar-refractivity contribution < 1.29 is 13.2 Å². The van der Waals surface area contributed by atoms with Crippen LogP contribution >= 0.6 is 12.4 Å². The second kappa shape index (κ2) is 9.88. The summed E-state index contributed by atoms with van der Waals surface area (Å²) in [6, 6.07) is 13.7. The summed E-state index contributed by atoms with van der Waals surface area (Å²) >= 11 is 0. The Kier molecular flexibility index (Phi) is 8.17. The number of benzene rings is 2. The number of hydrogen-bond donors (Lipinski definition) is 4. The molecule has 0 aliphatic carbocycles.